The van der Waals surface area contributed by atoms with E-state index < -0.39 is 20.2 Å². The largest absolute Gasteiger partial charge is 0.748 e. The van der Waals surface area contributed by atoms with Crippen LogP contribution in [0.3, 0.4) is 0 Å². The highest BCUT2D eigenvalue weighted by Gasteiger charge is 2.47. The maximum absolute atomic E-state index is 11.5. The van der Waals surface area contributed by atoms with Gasteiger partial charge in [0.2, 0.25) is 0 Å². The molecule has 2 unspecified atom stereocenters. The number of ether oxygens (including phenoxy) is 1. The van der Waals surface area contributed by atoms with Crippen LogP contribution in [0.25, 0.3) is 0 Å². The lowest BCUT2D eigenvalue weighted by Crippen LogP contribution is -3.10. The first-order valence-electron chi connectivity index (χ1n) is 19.7. The van der Waals surface area contributed by atoms with E-state index in [1.807, 2.05) is 18.2 Å². The second-order valence-electron chi connectivity index (χ2n) is 16.5. The molecule has 2 atom stereocenters. The van der Waals surface area contributed by atoms with Gasteiger partial charge in [-0.3, -0.25) is 9.45 Å². The minimum Gasteiger partial charge on any atom is -0.748 e. The van der Waals surface area contributed by atoms with Crippen molar-refractivity contribution >= 4 is 31.6 Å². The Balaban J connectivity index is 1.37. The maximum atomic E-state index is 11.5. The van der Waals surface area contributed by atoms with Crippen LogP contribution in [-0.4, -0.2) is 56.6 Å². The molecule has 2 aliphatic heterocycles. The number of benzene rings is 3. The van der Waals surface area contributed by atoms with E-state index >= 15 is 0 Å². The lowest BCUT2D eigenvalue weighted by Gasteiger charge is -2.28. The molecule has 0 aromatic heterocycles. The zero-order valence-corrected chi connectivity index (χ0v) is 34.9. The van der Waals surface area contributed by atoms with Crippen LogP contribution in [0.4, 0.5) is 11.4 Å². The highest BCUT2D eigenvalue weighted by molar-refractivity contribution is 7.85. The smallest absolute Gasteiger partial charge is 0.264 e. The molecule has 6 rings (SSSR count). The van der Waals surface area contributed by atoms with Gasteiger partial charge in [0.1, 0.15) is 23.2 Å². The average Bonchev–Trinajstić information content (AvgIpc) is 3.49. The van der Waals surface area contributed by atoms with Crippen LogP contribution in [0.1, 0.15) is 89.3 Å². The molecule has 1 aliphatic carbocycles. The third-order valence-corrected chi connectivity index (χ3v) is 13.3. The number of nitrogens with one attached hydrogen (secondary N) is 1. The SMILES string of the molecule is Cc1ccc(OC2=C(/C=C/C3[NH+](CCCCS(=O)(=O)[O-])c4ccccc4C3(C)C)CCC/C2=C\C=C2\N(CCCCS(=O)(=O)O)c3ccccc3C2(C)C)cc1. The van der Waals surface area contributed by atoms with Gasteiger partial charge in [-0.25, -0.2) is 8.42 Å². The van der Waals surface area contributed by atoms with E-state index in [4.69, 9.17) is 4.74 Å². The van der Waals surface area contributed by atoms with Crippen LogP contribution in [0, 0.1) is 6.92 Å². The number of fused-ring (bicyclic) bond motifs is 2. The average molecular weight is 801 g/mol. The normalized spacial score (nSPS) is 21.9. The Labute approximate surface area is 334 Å². The van der Waals surface area contributed by atoms with Crippen molar-refractivity contribution in [1.82, 2.24) is 0 Å². The van der Waals surface area contributed by atoms with Crippen LogP contribution >= 0.6 is 0 Å². The van der Waals surface area contributed by atoms with Crippen molar-refractivity contribution in [3.05, 3.63) is 136 Å². The number of quaternary nitrogens is 1. The monoisotopic (exact) mass is 800 g/mol. The van der Waals surface area contributed by atoms with E-state index in [0.717, 1.165) is 58.9 Å². The summed E-state index contributed by atoms with van der Waals surface area (Å²) in [6, 6.07) is 25.0. The van der Waals surface area contributed by atoms with Crippen molar-refractivity contribution in [3.63, 3.8) is 0 Å². The van der Waals surface area contributed by atoms with Crippen molar-refractivity contribution in [2.45, 2.75) is 96.4 Å². The fourth-order valence-corrected chi connectivity index (χ4v) is 9.87. The first kappa shape index (κ1) is 41.6. The molecule has 9 nitrogen and oxygen atoms in total. The molecule has 3 aromatic rings. The molecule has 0 bridgehead atoms. The highest BCUT2D eigenvalue weighted by atomic mass is 32.2. The third-order valence-electron chi connectivity index (χ3n) is 11.7. The van der Waals surface area contributed by atoms with Gasteiger partial charge in [-0.2, -0.15) is 8.42 Å². The van der Waals surface area contributed by atoms with Gasteiger partial charge in [0.25, 0.3) is 10.1 Å². The fraction of sp³-hybridized carbons (Fsp3) is 0.422. The number of hydrogen-bond donors (Lipinski definition) is 2. The zero-order valence-electron chi connectivity index (χ0n) is 33.3. The van der Waals surface area contributed by atoms with E-state index in [0.29, 0.717) is 38.8 Å². The zero-order chi connectivity index (χ0) is 40.3. The summed E-state index contributed by atoms with van der Waals surface area (Å²) < 4.78 is 73.1. The van der Waals surface area contributed by atoms with Gasteiger partial charge in [-0.1, -0.05) is 80.1 Å². The first-order valence-corrected chi connectivity index (χ1v) is 22.9. The van der Waals surface area contributed by atoms with Gasteiger partial charge in [0.05, 0.1) is 27.8 Å². The second kappa shape index (κ2) is 16.8. The minimum atomic E-state index is -4.26. The maximum Gasteiger partial charge on any atom is 0.264 e. The third kappa shape index (κ3) is 9.57. The van der Waals surface area contributed by atoms with Gasteiger partial charge in [0, 0.05) is 34.7 Å². The second-order valence-corrected chi connectivity index (χ2v) is 19.6. The molecular weight excluding hydrogens is 745 g/mol. The standard InChI is InChI=1S/C45H56N2O7S2/c1-33-21-25-36(26-22-33)54-43-34(23-27-41-44(2,3)37-17-6-8-19-39(37)46(41)29-10-12-31-55(48,49)50)15-14-16-35(43)24-28-42-45(4,5)38-18-7-9-20-40(38)47(42)30-11-13-32-56(51,52)53/h6-9,17-28,41H,10-16,29-32H2,1-5H3,(H,48,49,50)(H,51,52,53)/b27-23+,35-24+,42-28+. The summed E-state index contributed by atoms with van der Waals surface area (Å²) in [4.78, 5) is 3.55. The van der Waals surface area contributed by atoms with Crippen molar-refractivity contribution in [2.24, 2.45) is 0 Å². The lowest BCUT2D eigenvalue weighted by molar-refractivity contribution is -0.850. The predicted molar refractivity (Wildman–Crippen MR) is 223 cm³/mol. The predicted octanol–water partition coefficient (Wildman–Crippen LogP) is 7.85. The summed E-state index contributed by atoms with van der Waals surface area (Å²) >= 11 is 0. The van der Waals surface area contributed by atoms with E-state index in [9.17, 15) is 25.9 Å². The van der Waals surface area contributed by atoms with Crippen LogP contribution in [0.2, 0.25) is 0 Å². The molecule has 3 aliphatic rings. The minimum absolute atomic E-state index is 0.0699. The van der Waals surface area contributed by atoms with Crippen molar-refractivity contribution in [2.75, 3.05) is 29.5 Å². The Morgan fingerprint density at radius 3 is 2.25 bits per heavy atom. The molecule has 3 aromatic carbocycles. The number of rotatable bonds is 15. The number of aryl methyl sites for hydroxylation is 1. The van der Waals surface area contributed by atoms with Crippen LogP contribution in [0.15, 0.2) is 120 Å². The molecule has 300 valence electrons. The van der Waals surface area contributed by atoms with E-state index in [-0.39, 0.29) is 28.4 Å². The summed E-state index contributed by atoms with van der Waals surface area (Å²) in [5, 5.41) is 0. The van der Waals surface area contributed by atoms with Gasteiger partial charge in [-0.15, -0.1) is 0 Å². The van der Waals surface area contributed by atoms with Gasteiger partial charge >= 0.3 is 0 Å². The van der Waals surface area contributed by atoms with E-state index in [1.165, 1.54) is 21.7 Å². The molecule has 0 saturated heterocycles. The molecule has 0 radical (unpaired) electrons. The number of allylic oxidation sites excluding steroid dienone is 6. The molecule has 2 N–H and O–H groups in total. The topological polar surface area (TPSA) is 128 Å². The first-order chi connectivity index (χ1) is 26.5. The molecule has 0 fully saturated rings. The Kier molecular flexibility index (Phi) is 12.5. The van der Waals surface area contributed by atoms with Crippen LogP contribution in [-0.2, 0) is 31.1 Å². The number of nitrogens with zero attached hydrogens (tertiary/aromatic N) is 1. The van der Waals surface area contributed by atoms with Crippen molar-refractivity contribution < 1.29 is 35.6 Å². The van der Waals surface area contributed by atoms with Crippen LogP contribution in [0.5, 0.6) is 5.75 Å². The Morgan fingerprint density at radius 2 is 1.54 bits per heavy atom. The summed E-state index contributed by atoms with van der Waals surface area (Å²) in [6.07, 6.45) is 13.5. The molecular formula is C45H56N2O7S2. The Bertz CT molecular complexity index is 2250. The summed E-state index contributed by atoms with van der Waals surface area (Å²) in [5.74, 6) is 1.00. The summed E-state index contributed by atoms with van der Waals surface area (Å²) in [6.45, 7) is 12.4. The molecule has 56 heavy (non-hydrogen) atoms. The highest BCUT2D eigenvalue weighted by Crippen LogP contribution is 2.48. The van der Waals surface area contributed by atoms with Gasteiger partial charge in [0.15, 0.2) is 0 Å². The Morgan fingerprint density at radius 1 is 0.857 bits per heavy atom. The van der Waals surface area contributed by atoms with Crippen LogP contribution < -0.4 is 14.5 Å². The van der Waals surface area contributed by atoms with Gasteiger partial charge < -0.3 is 14.2 Å². The number of hydrogen-bond acceptors (Lipinski definition) is 7. The number of para-hydroxylation sites is 2. The number of unbranched alkanes of at least 4 members (excludes halogenated alkanes) is 2. The summed E-state index contributed by atoms with van der Waals surface area (Å²) in [5.41, 5.74) is 8.76. The van der Waals surface area contributed by atoms with E-state index in [1.54, 1.807) is 0 Å². The molecule has 11 heteroatoms. The lowest BCUT2D eigenvalue weighted by atomic mass is 9.80. The Hall–Kier alpha value is -4.00. The van der Waals surface area contributed by atoms with Crippen molar-refractivity contribution in [3.8, 4) is 5.75 Å². The van der Waals surface area contributed by atoms with Gasteiger partial charge in [-0.05, 0) is 119 Å². The van der Waals surface area contributed by atoms with E-state index in [2.05, 4.69) is 118 Å². The molecule has 0 spiro atoms. The molecule has 0 amide bonds. The fourth-order valence-electron chi connectivity index (χ4n) is 8.74. The quantitative estimate of drug-likeness (QED) is 0.118. The molecule has 0 saturated carbocycles. The number of anilines is 1. The summed E-state index contributed by atoms with van der Waals surface area (Å²) in [7, 11) is -8.28. The molecule has 2 heterocycles. The van der Waals surface area contributed by atoms with Crippen molar-refractivity contribution in [1.29, 1.82) is 0 Å².